The molecule has 3 nitrogen and oxygen atoms in total. The van der Waals surface area contributed by atoms with E-state index in [1.165, 1.54) is 6.07 Å². The van der Waals surface area contributed by atoms with Crippen LogP contribution < -0.4 is 5.32 Å². The summed E-state index contributed by atoms with van der Waals surface area (Å²) in [5.74, 6) is -0.762. The fourth-order valence-corrected chi connectivity index (χ4v) is 2.84. The van der Waals surface area contributed by atoms with E-state index < -0.39 is 5.82 Å². The van der Waals surface area contributed by atoms with Gasteiger partial charge in [0.2, 0.25) is 0 Å². The Labute approximate surface area is 144 Å². The fraction of sp³-hybridized carbons (Fsp3) is 0.500. The van der Waals surface area contributed by atoms with Crippen molar-refractivity contribution in [2.45, 2.75) is 26.3 Å². The number of aryl methyl sites for hydroxylation is 1. The van der Waals surface area contributed by atoms with Gasteiger partial charge in [-0.2, -0.15) is 0 Å². The number of hydrogen-bond donors (Lipinski definition) is 2. The van der Waals surface area contributed by atoms with Crippen LogP contribution in [-0.4, -0.2) is 36.2 Å². The maximum absolute atomic E-state index is 13.7. The van der Waals surface area contributed by atoms with Crippen molar-refractivity contribution in [3.8, 4) is 5.75 Å². The maximum atomic E-state index is 13.7. The van der Waals surface area contributed by atoms with Gasteiger partial charge in [0.1, 0.15) is 0 Å². The van der Waals surface area contributed by atoms with Crippen molar-refractivity contribution < 1.29 is 9.50 Å². The third kappa shape index (κ3) is 4.85. The minimum absolute atomic E-state index is 0. The van der Waals surface area contributed by atoms with Crippen LogP contribution in [0.4, 0.5) is 4.39 Å². The van der Waals surface area contributed by atoms with Crippen molar-refractivity contribution in [1.29, 1.82) is 0 Å². The molecule has 0 amide bonds. The van der Waals surface area contributed by atoms with Crippen molar-refractivity contribution in [3.05, 3.63) is 41.2 Å². The molecule has 0 bridgehead atoms. The summed E-state index contributed by atoms with van der Waals surface area (Å²) in [5, 5.41) is 13.5. The van der Waals surface area contributed by atoms with Gasteiger partial charge in [-0.25, -0.2) is 4.39 Å². The van der Waals surface area contributed by atoms with E-state index in [1.54, 1.807) is 6.07 Å². The maximum Gasteiger partial charge on any atom is 0.165 e. The minimum atomic E-state index is -0.549. The van der Waals surface area contributed by atoms with Gasteiger partial charge in [-0.05, 0) is 31.9 Å². The van der Waals surface area contributed by atoms with E-state index in [0.717, 1.165) is 43.7 Å². The largest absolute Gasteiger partial charge is 0.505 e. The molecule has 0 aromatic heterocycles. The van der Waals surface area contributed by atoms with E-state index >= 15 is 0 Å². The molecule has 0 unspecified atom stereocenters. The predicted molar refractivity (Wildman–Crippen MR) is 93.9 cm³/mol. The zero-order valence-corrected chi connectivity index (χ0v) is 14.7. The number of aromatic hydroxyl groups is 1. The summed E-state index contributed by atoms with van der Waals surface area (Å²) >= 11 is 0. The first-order chi connectivity index (χ1) is 9.50. The second-order valence-electron chi connectivity index (χ2n) is 5.59. The van der Waals surface area contributed by atoms with E-state index in [2.05, 4.69) is 16.8 Å². The van der Waals surface area contributed by atoms with Gasteiger partial charge in [0, 0.05) is 37.8 Å². The van der Waals surface area contributed by atoms with E-state index in [0.29, 0.717) is 5.56 Å². The van der Waals surface area contributed by atoms with Crippen molar-refractivity contribution >= 4 is 24.8 Å². The Hall–Kier alpha value is -0.810. The first-order valence-corrected chi connectivity index (χ1v) is 7.08. The van der Waals surface area contributed by atoms with Crippen LogP contribution in [0.5, 0.6) is 5.75 Å². The van der Waals surface area contributed by atoms with Gasteiger partial charge in [-0.15, -0.1) is 31.4 Å². The highest BCUT2D eigenvalue weighted by Crippen LogP contribution is 2.37. The molecule has 22 heavy (non-hydrogen) atoms. The molecule has 0 saturated carbocycles. The lowest BCUT2D eigenvalue weighted by Gasteiger charge is -2.36. The SMILES string of the molecule is C=C(C)C[C@@H](c1c(C)ccc(F)c1O)N1CCNCC1.Cl.Cl. The first-order valence-electron chi connectivity index (χ1n) is 7.08. The monoisotopic (exact) mass is 350 g/mol. The number of halogens is 3. The summed E-state index contributed by atoms with van der Waals surface area (Å²) in [6.45, 7) is 11.5. The van der Waals surface area contributed by atoms with E-state index in [1.807, 2.05) is 13.8 Å². The van der Waals surface area contributed by atoms with Crippen LogP contribution >= 0.6 is 24.8 Å². The smallest absolute Gasteiger partial charge is 0.165 e. The molecule has 0 spiro atoms. The number of hydrogen-bond acceptors (Lipinski definition) is 3. The third-order valence-corrected chi connectivity index (χ3v) is 3.85. The molecule has 2 N–H and O–H groups in total. The van der Waals surface area contributed by atoms with Gasteiger partial charge >= 0.3 is 0 Å². The molecule has 6 heteroatoms. The first kappa shape index (κ1) is 21.2. The van der Waals surface area contributed by atoms with Crippen LogP contribution in [0.15, 0.2) is 24.3 Å². The van der Waals surface area contributed by atoms with Gasteiger partial charge in [-0.1, -0.05) is 11.6 Å². The summed E-state index contributed by atoms with van der Waals surface area (Å²) in [6, 6.07) is 3.05. The lowest BCUT2D eigenvalue weighted by atomic mass is 9.93. The van der Waals surface area contributed by atoms with Crippen molar-refractivity contribution in [2.75, 3.05) is 26.2 Å². The molecule has 1 saturated heterocycles. The standard InChI is InChI=1S/C16H23FN2O.2ClH/c1-11(2)10-14(19-8-6-18-7-9-19)15-12(3)4-5-13(17)16(15)20;;/h4-5,14,18,20H,1,6-10H2,2-3H3;2*1H/t14-;;/m0../s1. The Morgan fingerprint density at radius 1 is 1.36 bits per heavy atom. The molecule has 1 heterocycles. The lowest BCUT2D eigenvalue weighted by molar-refractivity contribution is 0.168. The molecule has 2 rings (SSSR count). The number of nitrogens with one attached hydrogen (secondary N) is 1. The van der Waals surface area contributed by atoms with Crippen molar-refractivity contribution in [2.24, 2.45) is 0 Å². The van der Waals surface area contributed by atoms with Crippen LogP contribution in [0.25, 0.3) is 0 Å². The molecular weight excluding hydrogens is 326 g/mol. The molecule has 1 aromatic carbocycles. The molecule has 1 aromatic rings. The highest BCUT2D eigenvalue weighted by molar-refractivity contribution is 5.85. The number of piperazine rings is 1. The highest BCUT2D eigenvalue weighted by atomic mass is 35.5. The summed E-state index contributed by atoms with van der Waals surface area (Å²) in [6.07, 6.45) is 0.734. The van der Waals surface area contributed by atoms with E-state index in [-0.39, 0.29) is 36.6 Å². The van der Waals surface area contributed by atoms with Crippen LogP contribution in [0, 0.1) is 12.7 Å². The van der Waals surface area contributed by atoms with Crippen LogP contribution in [-0.2, 0) is 0 Å². The van der Waals surface area contributed by atoms with Gasteiger partial charge < -0.3 is 10.4 Å². The second-order valence-corrected chi connectivity index (χ2v) is 5.59. The zero-order valence-electron chi connectivity index (χ0n) is 13.1. The Kier molecular flexibility index (Phi) is 9.01. The molecule has 1 fully saturated rings. The molecule has 0 aliphatic carbocycles. The molecule has 126 valence electrons. The fourth-order valence-electron chi connectivity index (χ4n) is 2.84. The van der Waals surface area contributed by atoms with Crippen LogP contribution in [0.2, 0.25) is 0 Å². The van der Waals surface area contributed by atoms with E-state index in [4.69, 9.17) is 0 Å². The van der Waals surface area contributed by atoms with E-state index in [9.17, 15) is 9.50 Å². The van der Waals surface area contributed by atoms with Gasteiger partial charge in [0.15, 0.2) is 11.6 Å². The Morgan fingerprint density at radius 3 is 2.50 bits per heavy atom. The third-order valence-electron chi connectivity index (χ3n) is 3.85. The average molecular weight is 351 g/mol. The van der Waals surface area contributed by atoms with Gasteiger partial charge in [0.05, 0.1) is 0 Å². The van der Waals surface area contributed by atoms with Crippen molar-refractivity contribution in [3.63, 3.8) is 0 Å². The van der Waals surface area contributed by atoms with Crippen molar-refractivity contribution in [1.82, 2.24) is 10.2 Å². The van der Waals surface area contributed by atoms with Gasteiger partial charge in [0.25, 0.3) is 0 Å². The molecule has 1 aliphatic rings. The Bertz CT molecular complexity index is 505. The number of rotatable bonds is 4. The highest BCUT2D eigenvalue weighted by Gasteiger charge is 2.27. The molecular formula is C16H25Cl2FN2O. The normalized spacial score (nSPS) is 16.3. The lowest BCUT2D eigenvalue weighted by Crippen LogP contribution is -2.45. The number of phenols is 1. The number of benzene rings is 1. The summed E-state index contributed by atoms with van der Waals surface area (Å²) in [5.41, 5.74) is 2.67. The topological polar surface area (TPSA) is 35.5 Å². The number of phenolic OH excluding ortho intramolecular Hbond substituents is 1. The summed E-state index contributed by atoms with van der Waals surface area (Å²) in [4.78, 5) is 2.30. The van der Waals surface area contributed by atoms with Gasteiger partial charge in [-0.3, -0.25) is 4.90 Å². The zero-order chi connectivity index (χ0) is 14.7. The minimum Gasteiger partial charge on any atom is -0.505 e. The summed E-state index contributed by atoms with van der Waals surface area (Å²) in [7, 11) is 0. The van der Waals surface area contributed by atoms with Crippen LogP contribution in [0.1, 0.15) is 30.5 Å². The number of nitrogens with zero attached hydrogens (tertiary/aromatic N) is 1. The molecule has 1 atom stereocenters. The predicted octanol–water partition coefficient (Wildman–Crippen LogP) is 3.60. The average Bonchev–Trinajstić information content (AvgIpc) is 2.43. The quantitative estimate of drug-likeness (QED) is 0.814. The summed E-state index contributed by atoms with van der Waals surface area (Å²) < 4.78 is 13.7. The molecule has 0 radical (unpaired) electrons. The van der Waals surface area contributed by atoms with Crippen LogP contribution in [0.3, 0.4) is 0 Å². The Balaban J connectivity index is 0.00000220. The Morgan fingerprint density at radius 2 is 1.95 bits per heavy atom. The molecule has 1 aliphatic heterocycles. The second kappa shape index (κ2) is 9.36.